The number of imidazole rings is 1. The topological polar surface area (TPSA) is 20.7 Å². The number of H-pyrrole nitrogens is 1. The summed E-state index contributed by atoms with van der Waals surface area (Å²) in [5, 5.41) is 3.22. The van der Waals surface area contributed by atoms with E-state index >= 15 is 0 Å². The number of thiophene rings is 1. The highest BCUT2D eigenvalue weighted by atomic mass is 32.1. The van der Waals surface area contributed by atoms with Crippen molar-refractivity contribution >= 4 is 44.7 Å². The van der Waals surface area contributed by atoms with E-state index in [2.05, 4.69) is 28.6 Å². The highest BCUT2D eigenvalue weighted by molar-refractivity contribution is 7.71. The summed E-state index contributed by atoms with van der Waals surface area (Å²) in [4.78, 5) is 3.11. The first-order chi connectivity index (χ1) is 9.72. The number of aromatic amines is 1. The Morgan fingerprint density at radius 2 is 2.00 bits per heavy atom. The lowest BCUT2D eigenvalue weighted by atomic mass is 10.2. The van der Waals surface area contributed by atoms with Gasteiger partial charge in [-0.25, -0.2) is 4.39 Å². The lowest BCUT2D eigenvalue weighted by Gasteiger charge is -2.05. The van der Waals surface area contributed by atoms with Crippen LogP contribution in [0.25, 0.3) is 26.8 Å². The standard InChI is InChI=1S/C15H9FN2S2/c16-10-1-3-12-13(8-10)18(15(19)17-12)11-2-4-14-9(7-11)5-6-20-14/h1-8H,(H,17,19). The normalized spacial score (nSPS) is 11.4. The number of fused-ring (bicyclic) bond motifs is 2. The van der Waals surface area contributed by atoms with E-state index in [4.69, 9.17) is 12.2 Å². The van der Waals surface area contributed by atoms with Crippen LogP contribution in [-0.2, 0) is 0 Å². The minimum atomic E-state index is -0.267. The van der Waals surface area contributed by atoms with Gasteiger partial charge in [-0.3, -0.25) is 4.57 Å². The Bertz CT molecular complexity index is 994. The van der Waals surface area contributed by atoms with Gasteiger partial charge >= 0.3 is 0 Å². The maximum atomic E-state index is 13.5. The van der Waals surface area contributed by atoms with Gasteiger partial charge in [0.15, 0.2) is 4.77 Å². The Kier molecular flexibility index (Phi) is 2.52. The van der Waals surface area contributed by atoms with Gasteiger partial charge in [0.05, 0.1) is 11.0 Å². The number of halogens is 1. The molecule has 0 aliphatic heterocycles. The molecule has 0 aliphatic carbocycles. The van der Waals surface area contributed by atoms with Crippen molar-refractivity contribution in [1.82, 2.24) is 9.55 Å². The highest BCUT2D eigenvalue weighted by Crippen LogP contribution is 2.26. The van der Waals surface area contributed by atoms with Gasteiger partial charge in [-0.1, -0.05) is 0 Å². The molecule has 2 nitrogen and oxygen atoms in total. The van der Waals surface area contributed by atoms with Crippen LogP contribution in [0.15, 0.2) is 47.8 Å². The minimum absolute atomic E-state index is 0.267. The quantitative estimate of drug-likeness (QED) is 0.488. The molecule has 4 rings (SSSR count). The summed E-state index contributed by atoms with van der Waals surface area (Å²) in [6.07, 6.45) is 0. The number of rotatable bonds is 1. The third-order valence-electron chi connectivity index (χ3n) is 3.34. The molecule has 1 N–H and O–H groups in total. The lowest BCUT2D eigenvalue weighted by molar-refractivity contribution is 0.629. The molecule has 5 heteroatoms. The molecule has 0 atom stereocenters. The summed E-state index contributed by atoms with van der Waals surface area (Å²) in [5.41, 5.74) is 2.53. The third-order valence-corrected chi connectivity index (χ3v) is 4.52. The van der Waals surface area contributed by atoms with E-state index in [1.165, 1.54) is 22.2 Å². The number of hydrogen-bond donors (Lipinski definition) is 1. The first-order valence-corrected chi connectivity index (χ1v) is 7.39. The van der Waals surface area contributed by atoms with Crippen molar-refractivity contribution in [1.29, 1.82) is 0 Å². The molecule has 0 saturated heterocycles. The molecule has 0 bridgehead atoms. The van der Waals surface area contributed by atoms with E-state index in [0.717, 1.165) is 16.7 Å². The maximum Gasteiger partial charge on any atom is 0.182 e. The van der Waals surface area contributed by atoms with Crippen molar-refractivity contribution in [2.24, 2.45) is 0 Å². The summed E-state index contributed by atoms with van der Waals surface area (Å²) in [5.74, 6) is -0.267. The van der Waals surface area contributed by atoms with Gasteiger partial charge in [0.2, 0.25) is 0 Å². The van der Waals surface area contributed by atoms with Crippen LogP contribution in [0.4, 0.5) is 4.39 Å². The Morgan fingerprint density at radius 3 is 2.90 bits per heavy atom. The Labute approximate surface area is 123 Å². The van der Waals surface area contributed by atoms with Crippen LogP contribution in [0.2, 0.25) is 0 Å². The predicted octanol–water partition coefficient (Wildman–Crippen LogP) is 5.04. The SMILES string of the molecule is Fc1ccc2[nH]c(=S)n(-c3ccc4sccc4c3)c2c1. The molecule has 20 heavy (non-hydrogen) atoms. The van der Waals surface area contributed by atoms with Crippen LogP contribution >= 0.6 is 23.6 Å². The van der Waals surface area contributed by atoms with Crippen molar-refractivity contribution < 1.29 is 4.39 Å². The molecule has 2 aromatic carbocycles. The molecule has 0 amide bonds. The Morgan fingerprint density at radius 1 is 1.10 bits per heavy atom. The molecular weight excluding hydrogens is 291 g/mol. The van der Waals surface area contributed by atoms with Crippen molar-refractivity contribution in [3.8, 4) is 5.69 Å². The van der Waals surface area contributed by atoms with E-state index < -0.39 is 0 Å². The average Bonchev–Trinajstić information content (AvgIpc) is 3.00. The van der Waals surface area contributed by atoms with Crippen LogP contribution in [0.3, 0.4) is 0 Å². The Balaban J connectivity index is 2.07. The maximum absolute atomic E-state index is 13.5. The first-order valence-electron chi connectivity index (χ1n) is 6.10. The van der Waals surface area contributed by atoms with Crippen molar-refractivity contribution in [2.45, 2.75) is 0 Å². The fraction of sp³-hybridized carbons (Fsp3) is 0. The number of aromatic nitrogens is 2. The molecule has 0 fully saturated rings. The molecular formula is C15H9FN2S2. The van der Waals surface area contributed by atoms with Crippen molar-refractivity contribution in [3.63, 3.8) is 0 Å². The smallest absolute Gasteiger partial charge is 0.182 e. The fourth-order valence-corrected chi connectivity index (χ4v) is 3.51. The third kappa shape index (κ3) is 1.71. The summed E-state index contributed by atoms with van der Waals surface area (Å²) in [6.45, 7) is 0. The van der Waals surface area contributed by atoms with Crippen molar-refractivity contribution in [3.05, 3.63) is 58.4 Å². The van der Waals surface area contributed by atoms with Crippen LogP contribution in [0, 0.1) is 10.6 Å². The van der Waals surface area contributed by atoms with Gasteiger partial charge in [-0.05, 0) is 59.4 Å². The molecule has 4 aromatic rings. The average molecular weight is 300 g/mol. The number of nitrogens with one attached hydrogen (secondary N) is 1. The zero-order chi connectivity index (χ0) is 13.7. The zero-order valence-electron chi connectivity index (χ0n) is 10.3. The molecule has 0 radical (unpaired) electrons. The molecule has 0 saturated carbocycles. The van der Waals surface area contributed by atoms with E-state index in [1.54, 1.807) is 17.4 Å². The van der Waals surface area contributed by atoms with Gasteiger partial charge in [0.1, 0.15) is 5.82 Å². The van der Waals surface area contributed by atoms with E-state index in [9.17, 15) is 4.39 Å². The molecule has 0 aliphatic rings. The molecule has 98 valence electrons. The largest absolute Gasteiger partial charge is 0.330 e. The Hall–Kier alpha value is -1.98. The van der Waals surface area contributed by atoms with Crippen LogP contribution in [-0.4, -0.2) is 9.55 Å². The summed E-state index contributed by atoms with van der Waals surface area (Å²) in [7, 11) is 0. The predicted molar refractivity (Wildman–Crippen MR) is 83.8 cm³/mol. The van der Waals surface area contributed by atoms with Gasteiger partial charge in [-0.15, -0.1) is 11.3 Å². The summed E-state index contributed by atoms with van der Waals surface area (Å²) < 4.78 is 17.1. The zero-order valence-corrected chi connectivity index (χ0v) is 11.9. The lowest BCUT2D eigenvalue weighted by Crippen LogP contribution is -1.93. The van der Waals surface area contributed by atoms with Crippen LogP contribution < -0.4 is 0 Å². The van der Waals surface area contributed by atoms with Gasteiger partial charge in [0.25, 0.3) is 0 Å². The monoisotopic (exact) mass is 300 g/mol. The van der Waals surface area contributed by atoms with Crippen LogP contribution in [0.5, 0.6) is 0 Å². The van der Waals surface area contributed by atoms with Gasteiger partial charge in [0, 0.05) is 16.5 Å². The van der Waals surface area contributed by atoms with E-state index in [0.29, 0.717) is 4.77 Å². The van der Waals surface area contributed by atoms with E-state index in [1.807, 2.05) is 10.6 Å². The van der Waals surface area contributed by atoms with Crippen LogP contribution in [0.1, 0.15) is 0 Å². The molecule has 0 unspecified atom stereocenters. The summed E-state index contributed by atoms with van der Waals surface area (Å²) >= 11 is 7.07. The second-order valence-electron chi connectivity index (χ2n) is 4.57. The highest BCUT2D eigenvalue weighted by Gasteiger charge is 2.08. The number of benzene rings is 2. The summed E-state index contributed by atoms with van der Waals surface area (Å²) in [6, 6.07) is 12.9. The second-order valence-corrected chi connectivity index (χ2v) is 5.90. The van der Waals surface area contributed by atoms with Gasteiger partial charge in [-0.2, -0.15) is 0 Å². The molecule has 2 aromatic heterocycles. The second kappa shape index (κ2) is 4.26. The number of hydrogen-bond acceptors (Lipinski definition) is 2. The van der Waals surface area contributed by atoms with Crippen molar-refractivity contribution in [2.75, 3.05) is 0 Å². The number of nitrogens with zero attached hydrogens (tertiary/aromatic N) is 1. The van der Waals surface area contributed by atoms with Gasteiger partial charge < -0.3 is 4.98 Å². The molecule has 2 heterocycles. The first kappa shape index (κ1) is 11.8. The van der Waals surface area contributed by atoms with E-state index in [-0.39, 0.29) is 5.82 Å². The molecule has 0 spiro atoms. The fourth-order valence-electron chi connectivity index (χ4n) is 2.43. The minimum Gasteiger partial charge on any atom is -0.330 e.